The van der Waals surface area contributed by atoms with Crippen molar-refractivity contribution in [2.75, 3.05) is 31.3 Å². The summed E-state index contributed by atoms with van der Waals surface area (Å²) in [6.45, 7) is 2.85. The Morgan fingerprint density at radius 1 is 1.53 bits per heavy atom. The highest BCUT2D eigenvalue weighted by Gasteiger charge is 2.36. The molecule has 1 fully saturated rings. The van der Waals surface area contributed by atoms with E-state index in [4.69, 9.17) is 10.2 Å². The predicted molar refractivity (Wildman–Crippen MR) is 64.9 cm³/mol. The summed E-state index contributed by atoms with van der Waals surface area (Å²) in [4.78, 5) is 26.0. The minimum absolute atomic E-state index is 0.0287. The van der Waals surface area contributed by atoms with Crippen molar-refractivity contribution in [2.45, 2.75) is 19.4 Å². The van der Waals surface area contributed by atoms with Crippen LogP contribution < -0.4 is 0 Å². The van der Waals surface area contributed by atoms with Gasteiger partial charge in [-0.05, 0) is 13.3 Å². The maximum absolute atomic E-state index is 12.1. The molecule has 0 bridgehead atoms. The van der Waals surface area contributed by atoms with E-state index in [1.54, 1.807) is 4.90 Å². The van der Waals surface area contributed by atoms with Crippen molar-refractivity contribution in [2.24, 2.45) is 0 Å². The maximum atomic E-state index is 12.1. The third-order valence-corrected chi connectivity index (χ3v) is 3.66. The highest BCUT2D eigenvalue weighted by molar-refractivity contribution is 7.99. The van der Waals surface area contributed by atoms with Crippen LogP contribution in [0, 0.1) is 0 Å². The third kappa shape index (κ3) is 3.50. The van der Waals surface area contributed by atoms with Crippen molar-refractivity contribution < 1.29 is 19.8 Å². The fourth-order valence-corrected chi connectivity index (χ4v) is 2.81. The van der Waals surface area contributed by atoms with Gasteiger partial charge in [0.05, 0.1) is 5.88 Å². The van der Waals surface area contributed by atoms with Gasteiger partial charge in [0.25, 0.3) is 0 Å². The van der Waals surface area contributed by atoms with E-state index in [2.05, 4.69) is 0 Å². The topological polar surface area (TPSA) is 81.1 Å². The van der Waals surface area contributed by atoms with E-state index >= 15 is 0 Å². The first-order chi connectivity index (χ1) is 8.11. The molecule has 0 aromatic carbocycles. The second-order valence-electron chi connectivity index (χ2n) is 3.76. The molecule has 1 aliphatic heterocycles. The zero-order valence-corrected chi connectivity index (χ0v) is 10.7. The Morgan fingerprint density at radius 3 is 2.76 bits per heavy atom. The number of urea groups is 1. The number of carbonyl (C=O) groups is 2. The summed E-state index contributed by atoms with van der Waals surface area (Å²) >= 11 is 1.45. The molecular formula is C10H18N2O4S. The predicted octanol–water partition coefficient (Wildman–Crippen LogP) is 0.270. The first-order valence-corrected chi connectivity index (χ1v) is 6.74. The second-order valence-corrected chi connectivity index (χ2v) is 4.76. The van der Waals surface area contributed by atoms with E-state index in [9.17, 15) is 9.59 Å². The van der Waals surface area contributed by atoms with Gasteiger partial charge in [-0.15, -0.1) is 11.8 Å². The van der Waals surface area contributed by atoms with Gasteiger partial charge < -0.3 is 20.0 Å². The summed E-state index contributed by atoms with van der Waals surface area (Å²) in [5, 5.41) is 17.7. The van der Waals surface area contributed by atoms with Gasteiger partial charge in [-0.3, -0.25) is 0 Å². The SMILES string of the molecule is CCN(CCCO)C(=O)N1CSCC1C(=O)O. The van der Waals surface area contributed by atoms with Crippen LogP contribution in [0.15, 0.2) is 0 Å². The summed E-state index contributed by atoms with van der Waals surface area (Å²) in [5.74, 6) is -0.0918. The lowest BCUT2D eigenvalue weighted by molar-refractivity contribution is -0.140. The average molecular weight is 262 g/mol. The number of amides is 2. The monoisotopic (exact) mass is 262 g/mol. The van der Waals surface area contributed by atoms with Crippen LogP contribution >= 0.6 is 11.8 Å². The minimum Gasteiger partial charge on any atom is -0.480 e. The van der Waals surface area contributed by atoms with Crippen molar-refractivity contribution >= 4 is 23.8 Å². The van der Waals surface area contributed by atoms with Gasteiger partial charge in [0.2, 0.25) is 0 Å². The van der Waals surface area contributed by atoms with E-state index in [0.29, 0.717) is 31.1 Å². The number of aliphatic hydroxyl groups is 1. The Labute approximate surface area is 105 Å². The number of hydrogen-bond donors (Lipinski definition) is 2. The van der Waals surface area contributed by atoms with Gasteiger partial charge in [-0.2, -0.15) is 0 Å². The number of rotatable bonds is 5. The molecule has 7 heteroatoms. The van der Waals surface area contributed by atoms with Gasteiger partial charge in [0.1, 0.15) is 6.04 Å². The summed E-state index contributed by atoms with van der Waals surface area (Å²) in [5.41, 5.74) is 0. The standard InChI is InChI=1S/C10H18N2O4S/c1-2-11(4-3-5-13)10(16)12-7-17-6-8(12)9(14)15/h8,13H,2-7H2,1H3,(H,14,15). The summed E-state index contributed by atoms with van der Waals surface area (Å²) < 4.78 is 0. The Balaban J connectivity index is 2.63. The van der Waals surface area contributed by atoms with Gasteiger partial charge in [0, 0.05) is 25.4 Å². The first-order valence-electron chi connectivity index (χ1n) is 5.58. The molecule has 1 atom stereocenters. The van der Waals surface area contributed by atoms with Gasteiger partial charge >= 0.3 is 12.0 Å². The molecule has 1 saturated heterocycles. The van der Waals surface area contributed by atoms with Crippen molar-refractivity contribution in [1.82, 2.24) is 9.80 Å². The molecule has 1 rings (SSSR count). The molecule has 6 nitrogen and oxygen atoms in total. The molecule has 17 heavy (non-hydrogen) atoms. The molecule has 1 heterocycles. The molecule has 1 aliphatic rings. The summed E-state index contributed by atoms with van der Waals surface area (Å²) in [7, 11) is 0. The fraction of sp³-hybridized carbons (Fsp3) is 0.800. The van der Waals surface area contributed by atoms with E-state index in [1.807, 2.05) is 6.92 Å². The molecule has 0 saturated carbocycles. The first kappa shape index (κ1) is 14.1. The molecule has 0 aliphatic carbocycles. The molecule has 2 N–H and O–H groups in total. The van der Waals surface area contributed by atoms with Crippen molar-refractivity contribution in [3.63, 3.8) is 0 Å². The molecule has 0 aromatic rings. The fourth-order valence-electron chi connectivity index (χ4n) is 1.67. The Hall–Kier alpha value is -0.950. The molecule has 0 spiro atoms. The zero-order valence-electron chi connectivity index (χ0n) is 9.83. The number of carbonyl (C=O) groups excluding carboxylic acids is 1. The Bertz CT molecular complexity index is 287. The highest BCUT2D eigenvalue weighted by Crippen LogP contribution is 2.22. The number of hydrogen-bond acceptors (Lipinski definition) is 4. The molecule has 1 unspecified atom stereocenters. The summed E-state index contributed by atoms with van der Waals surface area (Å²) in [6, 6.07) is -0.978. The van der Waals surface area contributed by atoms with Crippen molar-refractivity contribution in [3.05, 3.63) is 0 Å². The number of carboxylic acids is 1. The molecular weight excluding hydrogens is 244 g/mol. The second kappa shape index (κ2) is 6.70. The summed E-state index contributed by atoms with van der Waals surface area (Å²) in [6.07, 6.45) is 0.512. The Kier molecular flexibility index (Phi) is 5.57. The van der Waals surface area contributed by atoms with Gasteiger partial charge in [-0.25, -0.2) is 9.59 Å². The molecule has 0 aromatic heterocycles. The number of aliphatic carboxylic acids is 1. The molecule has 2 amide bonds. The van der Waals surface area contributed by atoms with Crippen LogP contribution in [-0.2, 0) is 4.79 Å². The van der Waals surface area contributed by atoms with Crippen LogP contribution in [0.1, 0.15) is 13.3 Å². The van der Waals surface area contributed by atoms with Crippen molar-refractivity contribution in [1.29, 1.82) is 0 Å². The van der Waals surface area contributed by atoms with E-state index in [0.717, 1.165) is 0 Å². The smallest absolute Gasteiger partial charge is 0.327 e. The van der Waals surface area contributed by atoms with Crippen molar-refractivity contribution in [3.8, 4) is 0 Å². The zero-order chi connectivity index (χ0) is 12.8. The lowest BCUT2D eigenvalue weighted by Crippen LogP contribution is -2.49. The quantitative estimate of drug-likeness (QED) is 0.743. The highest BCUT2D eigenvalue weighted by atomic mass is 32.2. The van der Waals surface area contributed by atoms with Gasteiger partial charge in [-0.1, -0.05) is 0 Å². The Morgan fingerprint density at radius 2 is 2.24 bits per heavy atom. The molecule has 0 radical (unpaired) electrons. The van der Waals surface area contributed by atoms with Crippen LogP contribution in [0.2, 0.25) is 0 Å². The number of nitrogens with zero attached hydrogens (tertiary/aromatic N) is 2. The molecule has 98 valence electrons. The van der Waals surface area contributed by atoms with E-state index in [1.165, 1.54) is 16.7 Å². The van der Waals surface area contributed by atoms with Crippen LogP contribution in [-0.4, -0.2) is 69.4 Å². The third-order valence-electron chi connectivity index (χ3n) is 2.65. The number of aliphatic hydroxyl groups excluding tert-OH is 1. The lowest BCUT2D eigenvalue weighted by atomic mass is 10.3. The van der Waals surface area contributed by atoms with Crippen LogP contribution in [0.5, 0.6) is 0 Å². The normalized spacial score (nSPS) is 19.4. The van der Waals surface area contributed by atoms with Crippen LogP contribution in [0.25, 0.3) is 0 Å². The van der Waals surface area contributed by atoms with E-state index in [-0.39, 0.29) is 12.6 Å². The minimum atomic E-state index is -0.957. The number of thioether (sulfide) groups is 1. The van der Waals surface area contributed by atoms with E-state index < -0.39 is 12.0 Å². The lowest BCUT2D eigenvalue weighted by Gasteiger charge is -2.28. The van der Waals surface area contributed by atoms with Crippen LogP contribution in [0.3, 0.4) is 0 Å². The van der Waals surface area contributed by atoms with Crippen LogP contribution in [0.4, 0.5) is 4.79 Å². The average Bonchev–Trinajstić information content (AvgIpc) is 2.78. The largest absolute Gasteiger partial charge is 0.480 e. The number of carboxylic acid groups (broad SMARTS) is 1. The maximum Gasteiger partial charge on any atom is 0.327 e. The van der Waals surface area contributed by atoms with Gasteiger partial charge in [0.15, 0.2) is 0 Å².